The number of hydrogen-bond donors (Lipinski definition) is 0. The summed E-state index contributed by atoms with van der Waals surface area (Å²) in [5.41, 5.74) is 3.49. The Bertz CT molecular complexity index is 757. The molecule has 1 fully saturated rings. The van der Waals surface area contributed by atoms with Gasteiger partial charge in [0.25, 0.3) is 0 Å². The zero-order valence-electron chi connectivity index (χ0n) is 17.4. The topological polar surface area (TPSA) is 48.0 Å². The van der Waals surface area contributed by atoms with Gasteiger partial charge in [-0.05, 0) is 55.0 Å². The number of hydrogen-bond acceptors (Lipinski definition) is 5. The van der Waals surface area contributed by atoms with E-state index >= 15 is 0 Å². The summed E-state index contributed by atoms with van der Waals surface area (Å²) in [6.07, 6.45) is 3.81. The molecule has 0 spiro atoms. The summed E-state index contributed by atoms with van der Waals surface area (Å²) in [6.45, 7) is 4.51. The standard InChI is InChI=1S/C24H31NO4/c1-3-28-24(26)15-17-25-16-5-4-6-23(25)29-18-19-7-9-20(10-8-19)21-11-13-22(27-2)14-12-21/h7-14,23H,3-6,15-18H2,1-2H3. The van der Waals surface area contributed by atoms with Crippen LogP contribution in [0.3, 0.4) is 0 Å². The van der Waals surface area contributed by atoms with Crippen molar-refractivity contribution in [1.82, 2.24) is 4.90 Å². The third-order valence-electron chi connectivity index (χ3n) is 5.28. The van der Waals surface area contributed by atoms with E-state index in [1.165, 1.54) is 5.56 Å². The molecule has 3 rings (SSSR count). The summed E-state index contributed by atoms with van der Waals surface area (Å²) in [4.78, 5) is 13.9. The van der Waals surface area contributed by atoms with E-state index < -0.39 is 0 Å². The highest BCUT2D eigenvalue weighted by Gasteiger charge is 2.23. The summed E-state index contributed by atoms with van der Waals surface area (Å²) < 4.78 is 16.5. The molecule has 5 nitrogen and oxygen atoms in total. The predicted octanol–water partition coefficient (Wildman–Crippen LogP) is 4.64. The van der Waals surface area contributed by atoms with Gasteiger partial charge in [-0.15, -0.1) is 0 Å². The molecule has 5 heteroatoms. The maximum absolute atomic E-state index is 11.7. The molecular weight excluding hydrogens is 366 g/mol. The van der Waals surface area contributed by atoms with Gasteiger partial charge in [0.15, 0.2) is 0 Å². The fraction of sp³-hybridized carbons (Fsp3) is 0.458. The molecule has 1 saturated heterocycles. The number of carbonyl (C=O) groups excluding carboxylic acids is 1. The first kappa shape index (κ1) is 21.3. The van der Waals surface area contributed by atoms with Gasteiger partial charge >= 0.3 is 5.97 Å². The average molecular weight is 398 g/mol. The van der Waals surface area contributed by atoms with Crippen LogP contribution in [0, 0.1) is 0 Å². The molecule has 0 radical (unpaired) electrons. The number of carbonyl (C=O) groups is 1. The highest BCUT2D eigenvalue weighted by Crippen LogP contribution is 2.24. The Morgan fingerprint density at radius 3 is 2.38 bits per heavy atom. The largest absolute Gasteiger partial charge is 0.497 e. The highest BCUT2D eigenvalue weighted by atomic mass is 16.5. The molecule has 0 N–H and O–H groups in total. The minimum absolute atomic E-state index is 0.0689. The van der Waals surface area contributed by atoms with Crippen LogP contribution in [-0.4, -0.2) is 43.9 Å². The smallest absolute Gasteiger partial charge is 0.307 e. The Morgan fingerprint density at radius 2 is 1.72 bits per heavy atom. The average Bonchev–Trinajstić information content (AvgIpc) is 2.77. The highest BCUT2D eigenvalue weighted by molar-refractivity contribution is 5.69. The zero-order chi connectivity index (χ0) is 20.5. The van der Waals surface area contributed by atoms with Crippen molar-refractivity contribution >= 4 is 5.97 Å². The number of nitrogens with zero attached hydrogens (tertiary/aromatic N) is 1. The third-order valence-corrected chi connectivity index (χ3v) is 5.28. The van der Waals surface area contributed by atoms with E-state index in [9.17, 15) is 4.79 Å². The molecule has 0 bridgehead atoms. The molecule has 1 unspecified atom stereocenters. The van der Waals surface area contributed by atoms with Crippen LogP contribution in [0.1, 0.15) is 38.2 Å². The monoisotopic (exact) mass is 397 g/mol. The van der Waals surface area contributed by atoms with Gasteiger partial charge in [-0.2, -0.15) is 0 Å². The van der Waals surface area contributed by atoms with Gasteiger partial charge in [0.1, 0.15) is 12.0 Å². The minimum Gasteiger partial charge on any atom is -0.497 e. The van der Waals surface area contributed by atoms with E-state index in [0.717, 1.165) is 42.7 Å². The van der Waals surface area contributed by atoms with Gasteiger partial charge in [-0.3, -0.25) is 9.69 Å². The Morgan fingerprint density at radius 1 is 1.03 bits per heavy atom. The molecule has 1 aliphatic heterocycles. The molecule has 1 atom stereocenters. The number of benzene rings is 2. The lowest BCUT2D eigenvalue weighted by molar-refractivity contribution is -0.145. The Kier molecular flexibility index (Phi) is 8.08. The van der Waals surface area contributed by atoms with Crippen LogP contribution in [0.25, 0.3) is 11.1 Å². The third kappa shape index (κ3) is 6.31. The molecule has 0 amide bonds. The number of likely N-dealkylation sites (tertiary alicyclic amines) is 1. The van der Waals surface area contributed by atoms with Crippen molar-refractivity contribution in [3.63, 3.8) is 0 Å². The van der Waals surface area contributed by atoms with Crippen LogP contribution < -0.4 is 4.74 Å². The van der Waals surface area contributed by atoms with Crippen LogP contribution in [0.15, 0.2) is 48.5 Å². The zero-order valence-corrected chi connectivity index (χ0v) is 17.4. The van der Waals surface area contributed by atoms with Crippen molar-refractivity contribution in [2.45, 2.75) is 45.4 Å². The first-order valence-corrected chi connectivity index (χ1v) is 10.4. The van der Waals surface area contributed by atoms with Crippen LogP contribution in [-0.2, 0) is 20.9 Å². The maximum Gasteiger partial charge on any atom is 0.307 e. The second-order valence-corrected chi connectivity index (χ2v) is 7.28. The lowest BCUT2D eigenvalue weighted by atomic mass is 10.0. The molecule has 0 aromatic heterocycles. The van der Waals surface area contributed by atoms with E-state index in [4.69, 9.17) is 14.2 Å². The van der Waals surface area contributed by atoms with E-state index in [1.54, 1.807) is 7.11 Å². The molecule has 156 valence electrons. The Balaban J connectivity index is 1.53. The number of esters is 1. The van der Waals surface area contributed by atoms with Crippen molar-refractivity contribution in [3.05, 3.63) is 54.1 Å². The summed E-state index contributed by atoms with van der Waals surface area (Å²) in [7, 11) is 1.67. The first-order valence-electron chi connectivity index (χ1n) is 10.4. The van der Waals surface area contributed by atoms with Gasteiger partial charge in [0, 0.05) is 13.1 Å². The van der Waals surface area contributed by atoms with Gasteiger partial charge in [0.2, 0.25) is 0 Å². The van der Waals surface area contributed by atoms with Crippen molar-refractivity contribution in [2.75, 3.05) is 26.8 Å². The Labute approximate surface area is 173 Å². The minimum atomic E-state index is -0.133. The van der Waals surface area contributed by atoms with E-state index in [-0.39, 0.29) is 12.2 Å². The summed E-state index contributed by atoms with van der Waals surface area (Å²) >= 11 is 0. The fourth-order valence-corrected chi connectivity index (χ4v) is 3.64. The first-order chi connectivity index (χ1) is 14.2. The molecule has 0 saturated carbocycles. The molecule has 2 aromatic rings. The van der Waals surface area contributed by atoms with Gasteiger partial charge in [-0.1, -0.05) is 36.4 Å². The lowest BCUT2D eigenvalue weighted by Crippen LogP contribution is -2.42. The van der Waals surface area contributed by atoms with E-state index in [2.05, 4.69) is 41.3 Å². The van der Waals surface area contributed by atoms with Crippen molar-refractivity contribution in [3.8, 4) is 16.9 Å². The molecule has 1 heterocycles. The molecule has 29 heavy (non-hydrogen) atoms. The second kappa shape index (κ2) is 11.0. The van der Waals surface area contributed by atoms with Gasteiger partial charge in [-0.25, -0.2) is 0 Å². The van der Waals surface area contributed by atoms with Crippen molar-refractivity contribution in [2.24, 2.45) is 0 Å². The normalized spacial score (nSPS) is 17.1. The SMILES string of the molecule is CCOC(=O)CCN1CCCCC1OCc1ccc(-c2ccc(OC)cc2)cc1. The van der Waals surface area contributed by atoms with Gasteiger partial charge in [0.05, 0.1) is 26.7 Å². The molecule has 0 aliphatic carbocycles. The number of rotatable bonds is 9. The number of piperidine rings is 1. The van der Waals surface area contributed by atoms with Crippen LogP contribution in [0.5, 0.6) is 5.75 Å². The van der Waals surface area contributed by atoms with Gasteiger partial charge < -0.3 is 14.2 Å². The summed E-state index contributed by atoms with van der Waals surface area (Å²) in [5.74, 6) is 0.727. The molecule has 2 aromatic carbocycles. The van der Waals surface area contributed by atoms with E-state index in [1.807, 2.05) is 19.1 Å². The molecule has 1 aliphatic rings. The van der Waals surface area contributed by atoms with Crippen molar-refractivity contribution in [1.29, 1.82) is 0 Å². The quantitative estimate of drug-likeness (QED) is 0.577. The summed E-state index contributed by atoms with van der Waals surface area (Å²) in [5, 5.41) is 0. The second-order valence-electron chi connectivity index (χ2n) is 7.28. The number of ether oxygens (including phenoxy) is 3. The lowest BCUT2D eigenvalue weighted by Gasteiger charge is -2.35. The fourth-order valence-electron chi connectivity index (χ4n) is 3.64. The summed E-state index contributed by atoms with van der Waals surface area (Å²) in [6, 6.07) is 16.6. The predicted molar refractivity (Wildman–Crippen MR) is 114 cm³/mol. The van der Waals surface area contributed by atoms with Crippen LogP contribution in [0.4, 0.5) is 0 Å². The number of methoxy groups -OCH3 is 1. The Hall–Kier alpha value is -2.37. The van der Waals surface area contributed by atoms with Crippen LogP contribution >= 0.6 is 0 Å². The van der Waals surface area contributed by atoms with Crippen LogP contribution in [0.2, 0.25) is 0 Å². The van der Waals surface area contributed by atoms with E-state index in [0.29, 0.717) is 26.2 Å². The molecular formula is C24H31NO4. The van der Waals surface area contributed by atoms with Crippen molar-refractivity contribution < 1.29 is 19.0 Å². The maximum atomic E-state index is 11.7.